The number of benzene rings is 1. The predicted octanol–water partition coefficient (Wildman–Crippen LogP) is 0.620. The maximum atomic E-state index is 11.9. The van der Waals surface area contributed by atoms with Crippen LogP contribution >= 0.6 is 0 Å². The second kappa shape index (κ2) is 7.38. The quantitative estimate of drug-likeness (QED) is 0.704. The molecule has 0 saturated carbocycles. The zero-order valence-corrected chi connectivity index (χ0v) is 11.1. The van der Waals surface area contributed by atoms with E-state index < -0.39 is 6.03 Å². The number of ether oxygens (including phenoxy) is 1. The molecule has 0 saturated heterocycles. The van der Waals surface area contributed by atoms with Gasteiger partial charge in [-0.15, -0.1) is 0 Å². The Morgan fingerprint density at radius 1 is 1.32 bits per heavy atom. The van der Waals surface area contributed by atoms with Gasteiger partial charge in [-0.2, -0.15) is 0 Å². The Kier molecular flexibility index (Phi) is 5.81. The van der Waals surface area contributed by atoms with E-state index >= 15 is 0 Å². The van der Waals surface area contributed by atoms with E-state index in [0.717, 1.165) is 5.56 Å². The SMILES string of the molecule is COCC(C)NC(=O)c1ccc(CNC(N)=O)cc1. The van der Waals surface area contributed by atoms with Crippen LogP contribution in [-0.4, -0.2) is 31.7 Å². The molecule has 1 rings (SSSR count). The number of rotatable bonds is 6. The van der Waals surface area contributed by atoms with Gasteiger partial charge in [-0.1, -0.05) is 12.1 Å². The highest BCUT2D eigenvalue weighted by molar-refractivity contribution is 5.94. The molecule has 1 aromatic rings. The van der Waals surface area contributed by atoms with Gasteiger partial charge in [-0.05, 0) is 24.6 Å². The number of urea groups is 1. The van der Waals surface area contributed by atoms with E-state index in [1.807, 2.05) is 6.92 Å². The molecule has 1 aromatic carbocycles. The third-order valence-corrected chi connectivity index (χ3v) is 2.48. The van der Waals surface area contributed by atoms with Gasteiger partial charge in [-0.3, -0.25) is 4.79 Å². The normalized spacial score (nSPS) is 11.7. The number of carbonyl (C=O) groups is 2. The topological polar surface area (TPSA) is 93.4 Å². The van der Waals surface area contributed by atoms with Crippen molar-refractivity contribution in [2.75, 3.05) is 13.7 Å². The Hall–Kier alpha value is -2.08. The van der Waals surface area contributed by atoms with Gasteiger partial charge in [0.15, 0.2) is 0 Å². The maximum Gasteiger partial charge on any atom is 0.312 e. The van der Waals surface area contributed by atoms with E-state index in [9.17, 15) is 9.59 Å². The number of hydrogen-bond acceptors (Lipinski definition) is 3. The third kappa shape index (κ3) is 5.39. The minimum Gasteiger partial charge on any atom is -0.383 e. The van der Waals surface area contributed by atoms with Gasteiger partial charge < -0.3 is 21.1 Å². The average Bonchev–Trinajstić information content (AvgIpc) is 2.37. The first-order valence-electron chi connectivity index (χ1n) is 5.95. The summed E-state index contributed by atoms with van der Waals surface area (Å²) < 4.78 is 4.95. The number of nitrogens with two attached hydrogens (primary N) is 1. The number of methoxy groups -OCH3 is 1. The molecule has 0 fully saturated rings. The molecule has 4 N–H and O–H groups in total. The summed E-state index contributed by atoms with van der Waals surface area (Å²) in [5.41, 5.74) is 6.41. The summed E-state index contributed by atoms with van der Waals surface area (Å²) in [5, 5.41) is 5.29. The van der Waals surface area contributed by atoms with Gasteiger partial charge in [0.05, 0.1) is 6.61 Å². The summed E-state index contributed by atoms with van der Waals surface area (Å²) in [6, 6.07) is 6.32. The Morgan fingerprint density at radius 3 is 2.47 bits per heavy atom. The molecule has 19 heavy (non-hydrogen) atoms. The summed E-state index contributed by atoms with van der Waals surface area (Å²) >= 11 is 0. The summed E-state index contributed by atoms with van der Waals surface area (Å²) in [6.07, 6.45) is 0. The van der Waals surface area contributed by atoms with Gasteiger partial charge in [-0.25, -0.2) is 4.79 Å². The fourth-order valence-corrected chi connectivity index (χ4v) is 1.56. The van der Waals surface area contributed by atoms with Crippen molar-refractivity contribution in [3.63, 3.8) is 0 Å². The Morgan fingerprint density at radius 2 is 1.95 bits per heavy atom. The van der Waals surface area contributed by atoms with Crippen molar-refractivity contribution >= 4 is 11.9 Å². The van der Waals surface area contributed by atoms with E-state index in [1.54, 1.807) is 31.4 Å². The van der Waals surface area contributed by atoms with Crippen LogP contribution < -0.4 is 16.4 Å². The van der Waals surface area contributed by atoms with Gasteiger partial charge in [0, 0.05) is 25.3 Å². The van der Waals surface area contributed by atoms with Gasteiger partial charge in [0.2, 0.25) is 0 Å². The monoisotopic (exact) mass is 265 g/mol. The molecule has 0 aliphatic rings. The lowest BCUT2D eigenvalue weighted by molar-refractivity contribution is 0.0905. The number of carbonyl (C=O) groups excluding carboxylic acids is 2. The van der Waals surface area contributed by atoms with Crippen molar-refractivity contribution in [2.45, 2.75) is 19.5 Å². The lowest BCUT2D eigenvalue weighted by Gasteiger charge is -2.12. The fourth-order valence-electron chi connectivity index (χ4n) is 1.56. The lowest BCUT2D eigenvalue weighted by Crippen LogP contribution is -2.35. The van der Waals surface area contributed by atoms with E-state index in [0.29, 0.717) is 18.7 Å². The largest absolute Gasteiger partial charge is 0.383 e. The molecule has 3 amide bonds. The second-order valence-electron chi connectivity index (χ2n) is 4.24. The Labute approximate surface area is 112 Å². The fraction of sp³-hybridized carbons (Fsp3) is 0.385. The molecular formula is C13H19N3O3. The van der Waals surface area contributed by atoms with Crippen molar-refractivity contribution in [1.82, 2.24) is 10.6 Å². The van der Waals surface area contributed by atoms with E-state index in [2.05, 4.69) is 10.6 Å². The van der Waals surface area contributed by atoms with E-state index in [-0.39, 0.29) is 11.9 Å². The molecule has 0 aromatic heterocycles. The molecule has 0 heterocycles. The van der Waals surface area contributed by atoms with Crippen LogP contribution in [0.5, 0.6) is 0 Å². The summed E-state index contributed by atoms with van der Waals surface area (Å²) in [5.74, 6) is -0.154. The number of primary amides is 1. The zero-order valence-electron chi connectivity index (χ0n) is 11.1. The molecule has 1 unspecified atom stereocenters. The molecule has 0 bridgehead atoms. The first-order valence-corrected chi connectivity index (χ1v) is 5.95. The van der Waals surface area contributed by atoms with Crippen LogP contribution in [0.1, 0.15) is 22.8 Å². The molecule has 104 valence electrons. The molecular weight excluding hydrogens is 246 g/mol. The minimum absolute atomic E-state index is 0.0475. The van der Waals surface area contributed by atoms with Crippen LogP contribution in [0, 0.1) is 0 Å². The molecule has 0 spiro atoms. The van der Waals surface area contributed by atoms with E-state index in [4.69, 9.17) is 10.5 Å². The van der Waals surface area contributed by atoms with Crippen molar-refractivity contribution in [3.8, 4) is 0 Å². The number of amides is 3. The van der Waals surface area contributed by atoms with Gasteiger partial charge in [0.1, 0.15) is 0 Å². The third-order valence-electron chi connectivity index (χ3n) is 2.48. The smallest absolute Gasteiger partial charge is 0.312 e. The lowest BCUT2D eigenvalue weighted by atomic mass is 10.1. The average molecular weight is 265 g/mol. The maximum absolute atomic E-state index is 11.9. The van der Waals surface area contributed by atoms with Crippen LogP contribution in [0.2, 0.25) is 0 Å². The molecule has 0 radical (unpaired) electrons. The molecule has 6 nitrogen and oxygen atoms in total. The van der Waals surface area contributed by atoms with Crippen LogP contribution in [0.25, 0.3) is 0 Å². The van der Waals surface area contributed by atoms with Crippen LogP contribution in [0.3, 0.4) is 0 Å². The van der Waals surface area contributed by atoms with Crippen molar-refractivity contribution < 1.29 is 14.3 Å². The Bertz CT molecular complexity index is 431. The molecule has 6 heteroatoms. The minimum atomic E-state index is -0.574. The summed E-state index contributed by atoms with van der Waals surface area (Å²) in [6.45, 7) is 2.68. The first kappa shape index (κ1) is 15.0. The van der Waals surface area contributed by atoms with Crippen LogP contribution in [0.15, 0.2) is 24.3 Å². The van der Waals surface area contributed by atoms with Gasteiger partial charge >= 0.3 is 6.03 Å². The van der Waals surface area contributed by atoms with Crippen molar-refractivity contribution in [3.05, 3.63) is 35.4 Å². The number of nitrogens with one attached hydrogen (secondary N) is 2. The standard InChI is InChI=1S/C13H19N3O3/c1-9(8-19-2)16-12(17)11-5-3-10(4-6-11)7-15-13(14)18/h3-6,9H,7-8H2,1-2H3,(H,16,17)(H3,14,15,18). The number of hydrogen-bond donors (Lipinski definition) is 3. The van der Waals surface area contributed by atoms with Crippen molar-refractivity contribution in [2.24, 2.45) is 5.73 Å². The Balaban J connectivity index is 2.55. The summed E-state index contributed by atoms with van der Waals surface area (Å²) in [7, 11) is 1.59. The zero-order chi connectivity index (χ0) is 14.3. The highest BCUT2D eigenvalue weighted by Crippen LogP contribution is 2.04. The van der Waals surface area contributed by atoms with Crippen LogP contribution in [-0.2, 0) is 11.3 Å². The first-order chi connectivity index (χ1) is 9.02. The second-order valence-corrected chi connectivity index (χ2v) is 4.24. The summed E-state index contributed by atoms with van der Waals surface area (Å²) in [4.78, 5) is 22.4. The van der Waals surface area contributed by atoms with Crippen molar-refractivity contribution in [1.29, 1.82) is 0 Å². The highest BCUT2D eigenvalue weighted by Gasteiger charge is 2.09. The van der Waals surface area contributed by atoms with Gasteiger partial charge in [0.25, 0.3) is 5.91 Å². The predicted molar refractivity (Wildman–Crippen MR) is 71.7 cm³/mol. The molecule has 0 aliphatic heterocycles. The van der Waals surface area contributed by atoms with Crippen LogP contribution in [0.4, 0.5) is 4.79 Å². The molecule has 0 aliphatic carbocycles. The van der Waals surface area contributed by atoms with E-state index in [1.165, 1.54) is 0 Å². The molecule has 1 atom stereocenters. The highest BCUT2D eigenvalue weighted by atomic mass is 16.5.